The van der Waals surface area contributed by atoms with Gasteiger partial charge in [0.1, 0.15) is 4.70 Å². The molecule has 0 unspecified atom stereocenters. The number of benzene rings is 2. The lowest BCUT2D eigenvalue weighted by atomic mass is 10.2. The minimum atomic E-state index is 0. The highest BCUT2D eigenvalue weighted by atomic mass is 79.9. The van der Waals surface area contributed by atoms with E-state index in [-0.39, 0.29) is 17.0 Å². The van der Waals surface area contributed by atoms with Crippen LogP contribution < -0.4 is 21.5 Å². The van der Waals surface area contributed by atoms with E-state index >= 15 is 0 Å². The van der Waals surface area contributed by atoms with Crippen LogP contribution in [0.1, 0.15) is 5.56 Å². The Morgan fingerprint density at radius 3 is 2.37 bits per heavy atom. The lowest BCUT2D eigenvalue weighted by molar-refractivity contribution is -0.658. The SMILES string of the molecule is Clc1ccc(C[n+]2csc3cc(Cl)ccc32)cc1.[Br-]. The number of fused-ring (bicyclic) bond motifs is 1. The molecule has 1 nitrogen and oxygen atoms in total. The van der Waals surface area contributed by atoms with Crippen molar-refractivity contribution in [2.75, 3.05) is 0 Å². The van der Waals surface area contributed by atoms with Crippen LogP contribution in [0.2, 0.25) is 10.0 Å². The fourth-order valence-electron chi connectivity index (χ4n) is 1.91. The Bertz CT molecular complexity index is 694. The molecule has 0 saturated heterocycles. The molecule has 1 heterocycles. The van der Waals surface area contributed by atoms with Crippen LogP contribution >= 0.6 is 34.5 Å². The summed E-state index contributed by atoms with van der Waals surface area (Å²) in [5.41, 5.74) is 4.56. The van der Waals surface area contributed by atoms with Gasteiger partial charge in [-0.25, -0.2) is 0 Å². The van der Waals surface area contributed by atoms with Gasteiger partial charge in [0.15, 0.2) is 6.54 Å². The largest absolute Gasteiger partial charge is 1.00 e. The molecule has 0 atom stereocenters. The lowest BCUT2D eigenvalue weighted by Crippen LogP contribution is -3.00. The van der Waals surface area contributed by atoms with Crippen molar-refractivity contribution in [1.82, 2.24) is 0 Å². The first kappa shape index (κ1) is 14.8. The van der Waals surface area contributed by atoms with Gasteiger partial charge in [-0.1, -0.05) is 46.7 Å². The first-order chi connectivity index (χ1) is 8.72. The number of halogens is 3. The minimum absolute atomic E-state index is 0. The Kier molecular flexibility index (Phi) is 4.85. The van der Waals surface area contributed by atoms with E-state index in [1.54, 1.807) is 11.3 Å². The van der Waals surface area contributed by atoms with Crippen molar-refractivity contribution in [1.29, 1.82) is 0 Å². The smallest absolute Gasteiger partial charge is 0.226 e. The summed E-state index contributed by atoms with van der Waals surface area (Å²) in [5, 5.41) is 1.55. The van der Waals surface area contributed by atoms with Crippen molar-refractivity contribution in [3.05, 3.63) is 63.6 Å². The van der Waals surface area contributed by atoms with Gasteiger partial charge in [0.2, 0.25) is 11.0 Å². The summed E-state index contributed by atoms with van der Waals surface area (Å²) >= 11 is 13.6. The van der Waals surface area contributed by atoms with Crippen molar-refractivity contribution < 1.29 is 21.5 Å². The van der Waals surface area contributed by atoms with Gasteiger partial charge in [-0.2, -0.15) is 4.57 Å². The van der Waals surface area contributed by atoms with E-state index in [2.05, 4.69) is 28.3 Å². The zero-order valence-corrected chi connectivity index (χ0v) is 13.7. The predicted molar refractivity (Wildman–Crippen MR) is 77.6 cm³/mol. The van der Waals surface area contributed by atoms with E-state index in [1.165, 1.54) is 15.8 Å². The first-order valence-electron chi connectivity index (χ1n) is 5.53. The van der Waals surface area contributed by atoms with Crippen LogP contribution in [0.15, 0.2) is 48.0 Å². The maximum atomic E-state index is 5.99. The maximum Gasteiger partial charge on any atom is 0.226 e. The van der Waals surface area contributed by atoms with Gasteiger partial charge in [0, 0.05) is 21.7 Å². The van der Waals surface area contributed by atoms with Gasteiger partial charge in [-0.15, -0.1) is 0 Å². The van der Waals surface area contributed by atoms with Gasteiger partial charge < -0.3 is 17.0 Å². The average Bonchev–Trinajstić information content (AvgIpc) is 2.74. The van der Waals surface area contributed by atoms with Gasteiger partial charge in [0.05, 0.1) is 0 Å². The van der Waals surface area contributed by atoms with E-state index < -0.39 is 0 Å². The van der Waals surface area contributed by atoms with E-state index in [9.17, 15) is 0 Å². The zero-order valence-electron chi connectivity index (χ0n) is 9.82. The van der Waals surface area contributed by atoms with Crippen molar-refractivity contribution in [2.24, 2.45) is 0 Å². The van der Waals surface area contributed by atoms with Gasteiger partial charge in [-0.3, -0.25) is 0 Å². The molecule has 0 N–H and O–H groups in total. The zero-order chi connectivity index (χ0) is 12.5. The van der Waals surface area contributed by atoms with Crippen LogP contribution in [0.25, 0.3) is 10.2 Å². The number of hydrogen-bond acceptors (Lipinski definition) is 1. The third-order valence-corrected chi connectivity index (χ3v) is 4.23. The van der Waals surface area contributed by atoms with Crippen molar-refractivity contribution >= 4 is 44.8 Å². The monoisotopic (exact) mass is 373 g/mol. The third-order valence-electron chi connectivity index (χ3n) is 2.80. The van der Waals surface area contributed by atoms with E-state index in [4.69, 9.17) is 23.2 Å². The standard InChI is InChI=1S/C14H10Cl2NS.BrH/c15-11-3-1-10(2-4-11)8-17-9-18-14-7-12(16)5-6-13(14)17;/h1-7,9H,8H2;1H/q+1;/p-1. The highest BCUT2D eigenvalue weighted by Crippen LogP contribution is 2.21. The molecule has 3 aromatic rings. The summed E-state index contributed by atoms with van der Waals surface area (Å²) in [6, 6.07) is 13.9. The number of rotatable bonds is 2. The first-order valence-corrected chi connectivity index (χ1v) is 7.16. The van der Waals surface area contributed by atoms with Crippen LogP contribution in [0.5, 0.6) is 0 Å². The van der Waals surface area contributed by atoms with Crippen LogP contribution in [0.4, 0.5) is 0 Å². The molecule has 0 bridgehead atoms. The predicted octanol–water partition coefficient (Wildman–Crippen LogP) is 1.55. The normalized spacial score (nSPS) is 10.4. The molecule has 0 saturated carbocycles. The van der Waals surface area contributed by atoms with Crippen LogP contribution in [0, 0.1) is 0 Å². The Balaban J connectivity index is 0.00000133. The molecule has 98 valence electrons. The molecule has 5 heteroatoms. The summed E-state index contributed by atoms with van der Waals surface area (Å²) in [5.74, 6) is 0. The quantitative estimate of drug-likeness (QED) is 0.599. The Labute approximate surface area is 136 Å². The van der Waals surface area contributed by atoms with E-state index in [0.29, 0.717) is 0 Å². The topological polar surface area (TPSA) is 3.88 Å². The third kappa shape index (κ3) is 3.29. The van der Waals surface area contributed by atoms with Crippen LogP contribution in [-0.4, -0.2) is 0 Å². The Morgan fingerprint density at radius 1 is 0.947 bits per heavy atom. The molecule has 19 heavy (non-hydrogen) atoms. The van der Waals surface area contributed by atoms with Crippen molar-refractivity contribution in [3.63, 3.8) is 0 Å². The van der Waals surface area contributed by atoms with Crippen LogP contribution in [0.3, 0.4) is 0 Å². The highest BCUT2D eigenvalue weighted by molar-refractivity contribution is 7.16. The second kappa shape index (κ2) is 6.23. The molecule has 2 aromatic carbocycles. The average molecular weight is 375 g/mol. The van der Waals surface area contributed by atoms with Crippen LogP contribution in [-0.2, 0) is 6.54 Å². The molecular formula is C14H10BrCl2NS. The molecular weight excluding hydrogens is 365 g/mol. The number of nitrogens with zero attached hydrogens (tertiary/aromatic N) is 1. The van der Waals surface area contributed by atoms with Crippen molar-refractivity contribution in [3.8, 4) is 0 Å². The fourth-order valence-corrected chi connectivity index (χ4v) is 3.20. The lowest BCUT2D eigenvalue weighted by Gasteiger charge is -1.97. The molecule has 0 aliphatic heterocycles. The molecule has 0 amide bonds. The summed E-state index contributed by atoms with van der Waals surface area (Å²) < 4.78 is 3.43. The summed E-state index contributed by atoms with van der Waals surface area (Å²) in [4.78, 5) is 0. The molecule has 0 radical (unpaired) electrons. The van der Waals surface area contributed by atoms with Gasteiger partial charge in [-0.05, 0) is 24.3 Å². The summed E-state index contributed by atoms with van der Waals surface area (Å²) in [6.45, 7) is 0.846. The number of thiazole rings is 1. The maximum absolute atomic E-state index is 5.99. The molecule has 0 spiro atoms. The van der Waals surface area contributed by atoms with E-state index in [1.807, 2.05) is 24.3 Å². The molecule has 0 fully saturated rings. The number of aromatic nitrogens is 1. The Morgan fingerprint density at radius 2 is 1.63 bits per heavy atom. The Hall–Kier alpha value is -0.610. The van der Waals surface area contributed by atoms with Crippen molar-refractivity contribution in [2.45, 2.75) is 6.54 Å². The molecule has 1 aromatic heterocycles. The van der Waals surface area contributed by atoms with E-state index in [0.717, 1.165) is 16.6 Å². The summed E-state index contributed by atoms with van der Waals surface area (Å²) in [7, 11) is 0. The highest BCUT2D eigenvalue weighted by Gasteiger charge is 2.12. The number of hydrogen-bond donors (Lipinski definition) is 0. The fraction of sp³-hybridized carbons (Fsp3) is 0.0714. The molecule has 0 aliphatic rings. The van der Waals surface area contributed by atoms with Gasteiger partial charge in [0.25, 0.3) is 0 Å². The molecule has 3 rings (SSSR count). The van der Waals surface area contributed by atoms with Gasteiger partial charge >= 0.3 is 0 Å². The second-order valence-corrected chi connectivity index (χ2v) is 5.85. The minimum Gasteiger partial charge on any atom is -1.00 e. The second-order valence-electron chi connectivity index (χ2n) is 4.09. The molecule has 0 aliphatic carbocycles. The summed E-state index contributed by atoms with van der Waals surface area (Å²) in [6.07, 6.45) is 0.